The van der Waals surface area contributed by atoms with Crippen LogP contribution in [0.4, 0.5) is 0 Å². The van der Waals surface area contributed by atoms with Gasteiger partial charge in [0.25, 0.3) is 5.91 Å². The normalized spacial score (nSPS) is 10.5. The Bertz CT molecular complexity index is 504. The van der Waals surface area contributed by atoms with Gasteiger partial charge in [0, 0.05) is 42.6 Å². The molecule has 0 radical (unpaired) electrons. The Morgan fingerprint density at radius 2 is 2.47 bits per heavy atom. The quantitative estimate of drug-likeness (QED) is 0.898. The maximum absolute atomic E-state index is 11.8. The molecule has 0 aliphatic heterocycles. The van der Waals surface area contributed by atoms with E-state index in [2.05, 4.69) is 31.2 Å². The predicted octanol–water partition coefficient (Wildman–Crippen LogP) is 1.48. The molecule has 2 aromatic rings. The SMILES string of the molecule is Cn1cc(Br)cc1C(=O)NCCc1cnc[nH]1. The number of nitrogens with one attached hydrogen (secondary N) is 2. The smallest absolute Gasteiger partial charge is 0.267 e. The molecular weight excluding hydrogens is 284 g/mol. The van der Waals surface area contributed by atoms with Gasteiger partial charge >= 0.3 is 0 Å². The van der Waals surface area contributed by atoms with Crippen molar-refractivity contribution in [2.45, 2.75) is 6.42 Å². The summed E-state index contributed by atoms with van der Waals surface area (Å²) in [6, 6.07) is 1.80. The highest BCUT2D eigenvalue weighted by Gasteiger charge is 2.10. The van der Waals surface area contributed by atoms with Gasteiger partial charge in [0.2, 0.25) is 0 Å². The Morgan fingerprint density at radius 3 is 3.06 bits per heavy atom. The molecule has 2 aromatic heterocycles. The second-order valence-electron chi connectivity index (χ2n) is 3.74. The molecular formula is C11H13BrN4O. The molecule has 0 saturated heterocycles. The summed E-state index contributed by atoms with van der Waals surface area (Å²) in [6.07, 6.45) is 5.98. The Kier molecular flexibility index (Phi) is 3.63. The Balaban J connectivity index is 1.87. The van der Waals surface area contributed by atoms with Crippen molar-refractivity contribution in [3.63, 3.8) is 0 Å². The first kappa shape index (κ1) is 11.9. The van der Waals surface area contributed by atoms with Crippen LogP contribution in [0.15, 0.2) is 29.3 Å². The van der Waals surface area contributed by atoms with E-state index >= 15 is 0 Å². The van der Waals surface area contributed by atoms with Gasteiger partial charge in [0.15, 0.2) is 0 Å². The van der Waals surface area contributed by atoms with Crippen molar-refractivity contribution in [3.05, 3.63) is 40.6 Å². The van der Waals surface area contributed by atoms with Crippen LogP contribution in [0.5, 0.6) is 0 Å². The second kappa shape index (κ2) is 5.18. The number of aromatic amines is 1. The summed E-state index contributed by atoms with van der Waals surface area (Å²) in [5.41, 5.74) is 1.65. The molecule has 1 amide bonds. The minimum atomic E-state index is -0.0716. The number of rotatable bonds is 4. The zero-order valence-corrected chi connectivity index (χ0v) is 11.0. The van der Waals surface area contributed by atoms with Crippen LogP contribution in [0, 0.1) is 0 Å². The van der Waals surface area contributed by atoms with E-state index in [0.717, 1.165) is 16.6 Å². The van der Waals surface area contributed by atoms with E-state index in [1.807, 2.05) is 13.2 Å². The number of imidazole rings is 1. The Labute approximate surface area is 107 Å². The molecule has 2 rings (SSSR count). The number of aromatic nitrogens is 3. The first-order valence-corrected chi connectivity index (χ1v) is 6.03. The van der Waals surface area contributed by atoms with E-state index < -0.39 is 0 Å². The fourth-order valence-corrected chi connectivity index (χ4v) is 2.10. The van der Waals surface area contributed by atoms with Gasteiger partial charge in [-0.2, -0.15) is 0 Å². The average molecular weight is 297 g/mol. The van der Waals surface area contributed by atoms with Gasteiger partial charge in [0.05, 0.1) is 6.33 Å². The second-order valence-corrected chi connectivity index (χ2v) is 4.65. The van der Waals surface area contributed by atoms with E-state index in [1.165, 1.54) is 0 Å². The fourth-order valence-electron chi connectivity index (χ4n) is 1.57. The molecule has 5 nitrogen and oxygen atoms in total. The molecule has 90 valence electrons. The molecule has 0 aliphatic rings. The van der Waals surface area contributed by atoms with E-state index in [-0.39, 0.29) is 5.91 Å². The van der Waals surface area contributed by atoms with Crippen molar-refractivity contribution in [1.29, 1.82) is 0 Å². The highest BCUT2D eigenvalue weighted by atomic mass is 79.9. The van der Waals surface area contributed by atoms with Crippen LogP contribution in [-0.4, -0.2) is 27.0 Å². The Morgan fingerprint density at radius 1 is 1.65 bits per heavy atom. The van der Waals surface area contributed by atoms with Crippen molar-refractivity contribution < 1.29 is 4.79 Å². The standard InChI is InChI=1S/C11H13BrN4O/c1-16-6-8(12)4-10(16)11(17)14-3-2-9-5-13-7-15-9/h4-7H,2-3H2,1H3,(H,13,15)(H,14,17). The monoisotopic (exact) mass is 296 g/mol. The minimum absolute atomic E-state index is 0.0716. The third-order valence-corrected chi connectivity index (χ3v) is 2.87. The Hall–Kier alpha value is -1.56. The summed E-state index contributed by atoms with van der Waals surface area (Å²) in [7, 11) is 1.84. The van der Waals surface area contributed by atoms with Gasteiger partial charge in [-0.05, 0) is 22.0 Å². The number of hydrogen-bond donors (Lipinski definition) is 2. The van der Waals surface area contributed by atoms with E-state index in [0.29, 0.717) is 12.2 Å². The fraction of sp³-hybridized carbons (Fsp3) is 0.273. The number of aryl methyl sites for hydroxylation is 1. The molecule has 0 spiro atoms. The highest BCUT2D eigenvalue weighted by molar-refractivity contribution is 9.10. The molecule has 2 N–H and O–H groups in total. The summed E-state index contributed by atoms with van der Waals surface area (Å²) in [5.74, 6) is -0.0716. The molecule has 0 fully saturated rings. The number of amides is 1. The van der Waals surface area contributed by atoms with Crippen LogP contribution in [0.25, 0.3) is 0 Å². The average Bonchev–Trinajstić information content (AvgIpc) is 2.88. The maximum atomic E-state index is 11.8. The van der Waals surface area contributed by atoms with Gasteiger partial charge < -0.3 is 14.9 Å². The van der Waals surface area contributed by atoms with Crippen molar-refractivity contribution in [2.75, 3.05) is 6.54 Å². The molecule has 0 atom stereocenters. The van der Waals surface area contributed by atoms with Crippen LogP contribution >= 0.6 is 15.9 Å². The first-order valence-electron chi connectivity index (χ1n) is 5.24. The van der Waals surface area contributed by atoms with Crippen molar-refractivity contribution in [1.82, 2.24) is 19.9 Å². The predicted molar refractivity (Wildman–Crippen MR) is 67.7 cm³/mol. The lowest BCUT2D eigenvalue weighted by atomic mass is 10.3. The summed E-state index contributed by atoms with van der Waals surface area (Å²) in [4.78, 5) is 18.7. The van der Waals surface area contributed by atoms with E-state index in [1.54, 1.807) is 23.2 Å². The van der Waals surface area contributed by atoms with Crippen LogP contribution in [0.1, 0.15) is 16.2 Å². The lowest BCUT2D eigenvalue weighted by Crippen LogP contribution is -2.27. The van der Waals surface area contributed by atoms with Crippen LogP contribution in [0.3, 0.4) is 0 Å². The van der Waals surface area contributed by atoms with Crippen LogP contribution in [0.2, 0.25) is 0 Å². The maximum Gasteiger partial charge on any atom is 0.267 e. The summed E-state index contributed by atoms with van der Waals surface area (Å²) < 4.78 is 2.69. The first-order chi connectivity index (χ1) is 8.16. The lowest BCUT2D eigenvalue weighted by molar-refractivity contribution is 0.0946. The van der Waals surface area contributed by atoms with Gasteiger partial charge in [-0.1, -0.05) is 0 Å². The minimum Gasteiger partial charge on any atom is -0.350 e. The molecule has 0 aromatic carbocycles. The van der Waals surface area contributed by atoms with Gasteiger partial charge in [0.1, 0.15) is 5.69 Å². The summed E-state index contributed by atoms with van der Waals surface area (Å²) in [6.45, 7) is 0.587. The lowest BCUT2D eigenvalue weighted by Gasteiger charge is -2.04. The number of carbonyl (C=O) groups is 1. The number of halogens is 1. The van der Waals surface area contributed by atoms with Crippen molar-refractivity contribution in [2.24, 2.45) is 7.05 Å². The molecule has 17 heavy (non-hydrogen) atoms. The molecule has 0 aliphatic carbocycles. The number of hydrogen-bond acceptors (Lipinski definition) is 2. The van der Waals surface area contributed by atoms with Crippen molar-refractivity contribution >= 4 is 21.8 Å². The van der Waals surface area contributed by atoms with Gasteiger partial charge in [-0.15, -0.1) is 0 Å². The van der Waals surface area contributed by atoms with Crippen LogP contribution in [-0.2, 0) is 13.5 Å². The van der Waals surface area contributed by atoms with Gasteiger partial charge in [-0.25, -0.2) is 4.98 Å². The van der Waals surface area contributed by atoms with E-state index in [9.17, 15) is 4.79 Å². The third kappa shape index (κ3) is 2.97. The molecule has 6 heteroatoms. The molecule has 0 unspecified atom stereocenters. The zero-order valence-electron chi connectivity index (χ0n) is 9.40. The molecule has 0 saturated carbocycles. The largest absolute Gasteiger partial charge is 0.350 e. The number of H-pyrrole nitrogens is 1. The number of carbonyl (C=O) groups excluding carboxylic acids is 1. The highest BCUT2D eigenvalue weighted by Crippen LogP contribution is 2.13. The topological polar surface area (TPSA) is 62.7 Å². The van der Waals surface area contributed by atoms with E-state index in [4.69, 9.17) is 0 Å². The summed E-state index contributed by atoms with van der Waals surface area (Å²) >= 11 is 3.34. The van der Waals surface area contributed by atoms with Crippen LogP contribution < -0.4 is 5.32 Å². The summed E-state index contributed by atoms with van der Waals surface area (Å²) in [5, 5.41) is 2.86. The zero-order chi connectivity index (χ0) is 12.3. The van der Waals surface area contributed by atoms with Gasteiger partial charge in [-0.3, -0.25) is 4.79 Å². The molecule has 2 heterocycles. The van der Waals surface area contributed by atoms with Crippen molar-refractivity contribution in [3.8, 4) is 0 Å². The number of nitrogens with zero attached hydrogens (tertiary/aromatic N) is 2. The third-order valence-electron chi connectivity index (χ3n) is 2.44. The molecule has 0 bridgehead atoms.